The summed E-state index contributed by atoms with van der Waals surface area (Å²) in [6.07, 6.45) is 2.17. The first kappa shape index (κ1) is 19.5. The summed E-state index contributed by atoms with van der Waals surface area (Å²) in [7, 11) is 1.52. The van der Waals surface area contributed by atoms with Gasteiger partial charge >= 0.3 is 12.0 Å². The number of carboxylic acids is 1. The van der Waals surface area contributed by atoms with E-state index in [0.717, 1.165) is 0 Å². The maximum absolute atomic E-state index is 11.7. The number of hydrogen-bond acceptors (Lipinski definition) is 5. The van der Waals surface area contributed by atoms with E-state index in [4.69, 9.17) is 9.84 Å². The largest absolute Gasteiger partial charge is 0.480 e. The molecule has 0 fully saturated rings. The summed E-state index contributed by atoms with van der Waals surface area (Å²) in [6, 6.07) is -2.42. The second-order valence-corrected chi connectivity index (χ2v) is 5.28. The molecule has 21 heavy (non-hydrogen) atoms. The van der Waals surface area contributed by atoms with E-state index in [-0.39, 0.29) is 5.91 Å². The predicted molar refractivity (Wildman–Crippen MR) is 80.4 cm³/mol. The monoisotopic (exact) mass is 321 g/mol. The Hall–Kier alpha value is -1.48. The molecule has 122 valence electrons. The van der Waals surface area contributed by atoms with Gasteiger partial charge in [-0.05, 0) is 25.4 Å². The molecule has 4 N–H and O–H groups in total. The lowest BCUT2D eigenvalue weighted by Crippen LogP contribution is -2.52. The molecule has 8 nitrogen and oxygen atoms in total. The maximum Gasteiger partial charge on any atom is 0.326 e. The van der Waals surface area contributed by atoms with Gasteiger partial charge in [0.15, 0.2) is 0 Å². The van der Waals surface area contributed by atoms with E-state index >= 15 is 0 Å². The van der Waals surface area contributed by atoms with Crippen LogP contribution < -0.4 is 16.0 Å². The van der Waals surface area contributed by atoms with E-state index in [1.54, 1.807) is 0 Å². The zero-order chi connectivity index (χ0) is 16.3. The molecule has 3 amide bonds. The number of aliphatic carboxylic acids is 1. The van der Waals surface area contributed by atoms with Gasteiger partial charge in [0.25, 0.3) is 0 Å². The summed E-state index contributed by atoms with van der Waals surface area (Å²) in [6.45, 7) is 2.23. The molecule has 0 spiro atoms. The molecule has 0 aromatic heterocycles. The van der Waals surface area contributed by atoms with Gasteiger partial charge in [0.05, 0.1) is 6.61 Å². The summed E-state index contributed by atoms with van der Waals surface area (Å²) in [5.41, 5.74) is 0. The van der Waals surface area contributed by atoms with Crippen molar-refractivity contribution < 1.29 is 24.2 Å². The predicted octanol–water partition coefficient (Wildman–Crippen LogP) is -0.357. The number of rotatable bonds is 10. The lowest BCUT2D eigenvalue weighted by molar-refractivity contribution is -0.139. The minimum absolute atomic E-state index is 0.318. The molecule has 0 bridgehead atoms. The Morgan fingerprint density at radius 3 is 2.48 bits per heavy atom. The molecular formula is C12H23N3O5S. The molecule has 0 aliphatic heterocycles. The molecule has 0 aliphatic carbocycles. The molecule has 9 heteroatoms. The summed E-state index contributed by atoms with van der Waals surface area (Å²) in [5.74, 6) is -0.848. The Balaban J connectivity index is 4.20. The van der Waals surface area contributed by atoms with E-state index in [2.05, 4.69) is 16.0 Å². The number of amides is 3. The summed E-state index contributed by atoms with van der Waals surface area (Å²) < 4.78 is 4.79. The topological polar surface area (TPSA) is 117 Å². The molecule has 0 heterocycles. The fourth-order valence-electron chi connectivity index (χ4n) is 1.38. The van der Waals surface area contributed by atoms with Gasteiger partial charge < -0.3 is 25.8 Å². The van der Waals surface area contributed by atoms with Gasteiger partial charge in [-0.15, -0.1) is 0 Å². The van der Waals surface area contributed by atoms with Crippen molar-refractivity contribution >= 4 is 29.7 Å². The molecule has 0 aromatic rings. The zero-order valence-corrected chi connectivity index (χ0v) is 13.3. The highest BCUT2D eigenvalue weighted by Gasteiger charge is 2.21. The Bertz CT molecular complexity index is 354. The lowest BCUT2D eigenvalue weighted by atomic mass is 10.2. The van der Waals surface area contributed by atoms with Crippen LogP contribution in [0.2, 0.25) is 0 Å². The normalized spacial score (nSPS) is 13.1. The van der Waals surface area contributed by atoms with Gasteiger partial charge in [-0.2, -0.15) is 11.8 Å². The van der Waals surface area contributed by atoms with Crippen LogP contribution in [0.15, 0.2) is 0 Å². The molecule has 0 rings (SSSR count). The van der Waals surface area contributed by atoms with Crippen LogP contribution in [0, 0.1) is 0 Å². The average Bonchev–Trinajstić information content (AvgIpc) is 2.43. The quantitative estimate of drug-likeness (QED) is 0.408. The summed E-state index contributed by atoms with van der Waals surface area (Å²) in [4.78, 5) is 34.3. The molecule has 0 radical (unpaired) electrons. The number of ether oxygens (including phenoxy) is 1. The molecule has 0 aromatic carbocycles. The molecule has 0 saturated carbocycles. The van der Waals surface area contributed by atoms with Crippen LogP contribution in [-0.4, -0.2) is 67.4 Å². The third-order valence-corrected chi connectivity index (χ3v) is 3.20. The van der Waals surface area contributed by atoms with Crippen molar-refractivity contribution in [2.45, 2.75) is 25.4 Å². The number of nitrogens with one attached hydrogen (secondary N) is 3. The highest BCUT2D eigenvalue weighted by molar-refractivity contribution is 7.98. The van der Waals surface area contributed by atoms with E-state index in [1.165, 1.54) is 25.8 Å². The lowest BCUT2D eigenvalue weighted by Gasteiger charge is -2.18. The van der Waals surface area contributed by atoms with Crippen molar-refractivity contribution in [3.8, 4) is 0 Å². The minimum Gasteiger partial charge on any atom is -0.480 e. The minimum atomic E-state index is -1.10. The standard InChI is InChI=1S/C12H23N3O5S/c1-8(10(16)13-5-6-20-2)14-12(19)15-9(11(17)18)4-7-21-3/h8-9H,4-7H2,1-3H3,(H,13,16)(H,17,18)(H2,14,15,19)/t8?,9-/m0/s1. The SMILES string of the molecule is COCCNC(=O)C(C)NC(=O)N[C@@H](CCSC)C(=O)O. The highest BCUT2D eigenvalue weighted by Crippen LogP contribution is 2.01. The van der Waals surface area contributed by atoms with Crippen molar-refractivity contribution in [3.63, 3.8) is 0 Å². The van der Waals surface area contributed by atoms with E-state index in [1.807, 2.05) is 6.26 Å². The average molecular weight is 321 g/mol. The van der Waals surface area contributed by atoms with Gasteiger partial charge in [-0.1, -0.05) is 0 Å². The van der Waals surface area contributed by atoms with Crippen molar-refractivity contribution in [3.05, 3.63) is 0 Å². The summed E-state index contributed by atoms with van der Waals surface area (Å²) in [5, 5.41) is 16.3. The number of carbonyl (C=O) groups is 3. The number of carboxylic acid groups (broad SMARTS) is 1. The van der Waals surface area contributed by atoms with Gasteiger partial charge in [-0.25, -0.2) is 9.59 Å². The van der Waals surface area contributed by atoms with Crippen LogP contribution in [0.3, 0.4) is 0 Å². The molecule has 2 atom stereocenters. The van der Waals surface area contributed by atoms with Gasteiger partial charge in [-0.3, -0.25) is 4.79 Å². The number of methoxy groups -OCH3 is 1. The van der Waals surface area contributed by atoms with Gasteiger partial charge in [0.1, 0.15) is 12.1 Å². The zero-order valence-electron chi connectivity index (χ0n) is 12.5. The van der Waals surface area contributed by atoms with Crippen LogP contribution in [0.5, 0.6) is 0 Å². The number of hydrogen-bond donors (Lipinski definition) is 4. The van der Waals surface area contributed by atoms with Crippen molar-refractivity contribution in [2.75, 3.05) is 32.3 Å². The fourth-order valence-corrected chi connectivity index (χ4v) is 1.86. The second-order valence-electron chi connectivity index (χ2n) is 4.30. The second kappa shape index (κ2) is 11.2. The van der Waals surface area contributed by atoms with Crippen LogP contribution in [0.25, 0.3) is 0 Å². The number of urea groups is 1. The first-order chi connectivity index (χ1) is 9.92. The smallest absolute Gasteiger partial charge is 0.326 e. The third kappa shape index (κ3) is 9.14. The summed E-state index contributed by atoms with van der Waals surface area (Å²) >= 11 is 1.49. The van der Waals surface area contributed by atoms with Gasteiger partial charge in [0, 0.05) is 13.7 Å². The first-order valence-corrected chi connectivity index (χ1v) is 7.87. The molecule has 0 saturated heterocycles. The maximum atomic E-state index is 11.7. The van der Waals surface area contributed by atoms with Crippen molar-refractivity contribution in [1.82, 2.24) is 16.0 Å². The fraction of sp³-hybridized carbons (Fsp3) is 0.750. The Morgan fingerprint density at radius 2 is 1.95 bits per heavy atom. The van der Waals surface area contributed by atoms with Crippen LogP contribution >= 0.6 is 11.8 Å². The van der Waals surface area contributed by atoms with Crippen LogP contribution in [-0.2, 0) is 14.3 Å². The Labute approximate surface area is 128 Å². The van der Waals surface area contributed by atoms with Crippen molar-refractivity contribution in [2.24, 2.45) is 0 Å². The number of carbonyl (C=O) groups excluding carboxylic acids is 2. The van der Waals surface area contributed by atoms with Gasteiger partial charge in [0.2, 0.25) is 5.91 Å². The van der Waals surface area contributed by atoms with Crippen LogP contribution in [0.1, 0.15) is 13.3 Å². The molecular weight excluding hydrogens is 298 g/mol. The highest BCUT2D eigenvalue weighted by atomic mass is 32.2. The molecule has 1 unspecified atom stereocenters. The van der Waals surface area contributed by atoms with E-state index in [0.29, 0.717) is 25.3 Å². The Kier molecular flexibility index (Phi) is 10.4. The van der Waals surface area contributed by atoms with E-state index in [9.17, 15) is 14.4 Å². The van der Waals surface area contributed by atoms with E-state index < -0.39 is 24.1 Å². The number of thioether (sulfide) groups is 1. The first-order valence-electron chi connectivity index (χ1n) is 6.47. The third-order valence-electron chi connectivity index (χ3n) is 2.56. The Morgan fingerprint density at radius 1 is 1.29 bits per heavy atom. The van der Waals surface area contributed by atoms with Crippen molar-refractivity contribution in [1.29, 1.82) is 0 Å². The van der Waals surface area contributed by atoms with Crippen LogP contribution in [0.4, 0.5) is 4.79 Å². The molecule has 0 aliphatic rings.